The summed E-state index contributed by atoms with van der Waals surface area (Å²) in [6.45, 7) is 5.95. The lowest BCUT2D eigenvalue weighted by atomic mass is 10.0. The first-order chi connectivity index (χ1) is 12.2. The lowest BCUT2D eigenvalue weighted by Crippen LogP contribution is -2.35. The first-order valence-electron chi connectivity index (χ1n) is 8.94. The fourth-order valence-electron chi connectivity index (χ4n) is 3.38. The lowest BCUT2D eigenvalue weighted by Gasteiger charge is -2.29. The number of nitrogens with zero attached hydrogens (tertiary/aromatic N) is 2. The summed E-state index contributed by atoms with van der Waals surface area (Å²) in [6, 6.07) is 15.1. The monoisotopic (exact) mass is 336 g/mol. The van der Waals surface area contributed by atoms with Crippen molar-refractivity contribution in [3.8, 4) is 0 Å². The van der Waals surface area contributed by atoms with E-state index >= 15 is 0 Å². The molecular weight excluding hydrogens is 312 g/mol. The number of para-hydroxylation sites is 1. The van der Waals surface area contributed by atoms with Crippen LogP contribution in [0.1, 0.15) is 46.5 Å². The highest BCUT2D eigenvalue weighted by Gasteiger charge is 2.24. The third-order valence-corrected chi connectivity index (χ3v) is 4.76. The number of rotatable bonds is 4. The highest BCUT2D eigenvalue weighted by atomic mass is 16.2. The van der Waals surface area contributed by atoms with Gasteiger partial charge in [0.25, 0.3) is 11.8 Å². The number of amides is 2. The van der Waals surface area contributed by atoms with Gasteiger partial charge >= 0.3 is 0 Å². The number of aryl methyl sites for hydroxylation is 1. The van der Waals surface area contributed by atoms with Gasteiger partial charge in [-0.1, -0.05) is 24.3 Å². The topological polar surface area (TPSA) is 40.6 Å². The highest BCUT2D eigenvalue weighted by Crippen LogP contribution is 2.28. The normalized spacial score (nSPS) is 13.3. The van der Waals surface area contributed by atoms with Gasteiger partial charge in [-0.15, -0.1) is 0 Å². The van der Waals surface area contributed by atoms with E-state index in [-0.39, 0.29) is 11.8 Å². The highest BCUT2D eigenvalue weighted by molar-refractivity contribution is 6.08. The van der Waals surface area contributed by atoms with E-state index in [0.29, 0.717) is 30.8 Å². The third-order valence-electron chi connectivity index (χ3n) is 4.76. The molecule has 2 aromatic carbocycles. The first-order valence-corrected chi connectivity index (χ1v) is 8.94. The maximum absolute atomic E-state index is 13.0. The maximum Gasteiger partial charge on any atom is 0.258 e. The number of carbonyl (C=O) groups excluding carboxylic acids is 2. The van der Waals surface area contributed by atoms with Gasteiger partial charge in [-0.05, 0) is 56.5 Å². The molecule has 3 rings (SSSR count). The molecule has 1 heterocycles. The summed E-state index contributed by atoms with van der Waals surface area (Å²) in [6.07, 6.45) is 1.96. The predicted molar refractivity (Wildman–Crippen MR) is 100 cm³/mol. The Morgan fingerprint density at radius 2 is 1.72 bits per heavy atom. The maximum atomic E-state index is 13.0. The van der Waals surface area contributed by atoms with E-state index in [9.17, 15) is 9.59 Å². The van der Waals surface area contributed by atoms with Crippen LogP contribution in [0.15, 0.2) is 48.5 Å². The lowest BCUT2D eigenvalue weighted by molar-refractivity contribution is 0.0773. The van der Waals surface area contributed by atoms with E-state index in [0.717, 1.165) is 18.5 Å². The van der Waals surface area contributed by atoms with Crippen LogP contribution in [-0.4, -0.2) is 36.3 Å². The number of fused-ring (bicyclic) bond motifs is 1. The van der Waals surface area contributed by atoms with Crippen molar-refractivity contribution in [2.75, 3.05) is 24.5 Å². The summed E-state index contributed by atoms with van der Waals surface area (Å²) in [5.74, 6) is -0.0694. The molecule has 0 bridgehead atoms. The van der Waals surface area contributed by atoms with Gasteiger partial charge in [0.05, 0.1) is 0 Å². The second kappa shape index (κ2) is 7.51. The van der Waals surface area contributed by atoms with Crippen LogP contribution in [0, 0.1) is 0 Å². The average molecular weight is 336 g/mol. The SMILES string of the molecule is CCN(CC)C(=O)c1cccc(C(=O)N2CCCc3ccccc32)c1. The van der Waals surface area contributed by atoms with Crippen molar-refractivity contribution in [2.24, 2.45) is 0 Å². The van der Waals surface area contributed by atoms with Crippen LogP contribution in [0.3, 0.4) is 0 Å². The Morgan fingerprint density at radius 3 is 2.48 bits per heavy atom. The van der Waals surface area contributed by atoms with Gasteiger partial charge < -0.3 is 9.80 Å². The van der Waals surface area contributed by atoms with E-state index in [4.69, 9.17) is 0 Å². The molecule has 0 N–H and O–H groups in total. The minimum atomic E-state index is -0.0404. The van der Waals surface area contributed by atoms with Crippen molar-refractivity contribution in [2.45, 2.75) is 26.7 Å². The first kappa shape index (κ1) is 17.2. The Morgan fingerprint density at radius 1 is 1.00 bits per heavy atom. The van der Waals surface area contributed by atoms with Gasteiger partial charge in [0.2, 0.25) is 0 Å². The molecule has 0 aliphatic carbocycles. The van der Waals surface area contributed by atoms with Crippen molar-refractivity contribution >= 4 is 17.5 Å². The van der Waals surface area contributed by atoms with Crippen molar-refractivity contribution in [3.63, 3.8) is 0 Å². The Kier molecular flexibility index (Phi) is 5.17. The number of benzene rings is 2. The number of carbonyl (C=O) groups is 2. The van der Waals surface area contributed by atoms with Crippen LogP contribution < -0.4 is 4.90 Å². The standard InChI is InChI=1S/C21H24N2O2/c1-3-22(4-2)20(24)17-10-7-11-18(15-17)21(25)23-14-8-12-16-9-5-6-13-19(16)23/h5-7,9-11,13,15H,3-4,8,12,14H2,1-2H3. The van der Waals surface area contributed by atoms with Crippen LogP contribution >= 0.6 is 0 Å². The van der Waals surface area contributed by atoms with E-state index < -0.39 is 0 Å². The Hall–Kier alpha value is -2.62. The molecule has 4 nitrogen and oxygen atoms in total. The van der Waals surface area contributed by atoms with E-state index in [1.165, 1.54) is 5.56 Å². The molecule has 4 heteroatoms. The molecule has 0 unspecified atom stereocenters. The van der Waals surface area contributed by atoms with Crippen molar-refractivity contribution in [1.82, 2.24) is 4.90 Å². The van der Waals surface area contributed by atoms with Gasteiger partial charge in [0.15, 0.2) is 0 Å². The van der Waals surface area contributed by atoms with Crippen molar-refractivity contribution in [1.29, 1.82) is 0 Å². The molecule has 2 amide bonds. The third kappa shape index (κ3) is 3.43. The largest absolute Gasteiger partial charge is 0.339 e. The minimum Gasteiger partial charge on any atom is -0.339 e. The molecular formula is C21H24N2O2. The predicted octanol–water partition coefficient (Wildman–Crippen LogP) is 3.76. The van der Waals surface area contributed by atoms with Gasteiger partial charge in [-0.25, -0.2) is 0 Å². The van der Waals surface area contributed by atoms with Gasteiger partial charge in [-0.2, -0.15) is 0 Å². The van der Waals surface area contributed by atoms with Gasteiger partial charge in [-0.3, -0.25) is 9.59 Å². The zero-order chi connectivity index (χ0) is 17.8. The number of anilines is 1. The smallest absolute Gasteiger partial charge is 0.258 e. The quantitative estimate of drug-likeness (QED) is 0.853. The van der Waals surface area contributed by atoms with E-state index in [1.807, 2.05) is 36.9 Å². The molecule has 1 aliphatic heterocycles. The molecule has 1 aliphatic rings. The summed E-state index contributed by atoms with van der Waals surface area (Å²) >= 11 is 0. The number of hydrogen-bond donors (Lipinski definition) is 0. The van der Waals surface area contributed by atoms with Crippen LogP contribution in [-0.2, 0) is 6.42 Å². The van der Waals surface area contributed by atoms with E-state index in [2.05, 4.69) is 6.07 Å². The molecule has 0 aromatic heterocycles. The van der Waals surface area contributed by atoms with Crippen LogP contribution in [0.25, 0.3) is 0 Å². The average Bonchev–Trinajstić information content (AvgIpc) is 2.68. The molecule has 0 radical (unpaired) electrons. The molecule has 130 valence electrons. The van der Waals surface area contributed by atoms with Crippen LogP contribution in [0.5, 0.6) is 0 Å². The molecule has 0 spiro atoms. The molecule has 25 heavy (non-hydrogen) atoms. The molecule has 0 atom stereocenters. The van der Waals surface area contributed by atoms with Crippen LogP contribution in [0.4, 0.5) is 5.69 Å². The van der Waals surface area contributed by atoms with Gasteiger partial charge in [0, 0.05) is 36.4 Å². The Bertz CT molecular complexity index is 781. The summed E-state index contributed by atoms with van der Waals surface area (Å²) in [4.78, 5) is 29.2. The zero-order valence-electron chi connectivity index (χ0n) is 14.9. The summed E-state index contributed by atoms with van der Waals surface area (Å²) in [5, 5.41) is 0. The molecule has 0 fully saturated rings. The summed E-state index contributed by atoms with van der Waals surface area (Å²) < 4.78 is 0. The Balaban J connectivity index is 1.89. The van der Waals surface area contributed by atoms with Crippen molar-refractivity contribution in [3.05, 3.63) is 65.2 Å². The Labute approximate surface area is 149 Å². The minimum absolute atomic E-state index is 0.0290. The summed E-state index contributed by atoms with van der Waals surface area (Å²) in [5.41, 5.74) is 3.33. The summed E-state index contributed by atoms with van der Waals surface area (Å²) in [7, 11) is 0. The molecule has 0 saturated carbocycles. The van der Waals surface area contributed by atoms with Gasteiger partial charge in [0.1, 0.15) is 0 Å². The fourth-order valence-corrected chi connectivity index (χ4v) is 3.38. The fraction of sp³-hybridized carbons (Fsp3) is 0.333. The second-order valence-corrected chi connectivity index (χ2v) is 6.25. The number of hydrogen-bond acceptors (Lipinski definition) is 2. The van der Waals surface area contributed by atoms with Crippen molar-refractivity contribution < 1.29 is 9.59 Å². The zero-order valence-corrected chi connectivity index (χ0v) is 14.9. The van der Waals surface area contributed by atoms with E-state index in [1.54, 1.807) is 29.2 Å². The molecule has 0 saturated heterocycles. The molecule has 2 aromatic rings. The second-order valence-electron chi connectivity index (χ2n) is 6.25. The van der Waals surface area contributed by atoms with Crippen LogP contribution in [0.2, 0.25) is 0 Å².